The first kappa shape index (κ1) is 30.0. The van der Waals surface area contributed by atoms with Gasteiger partial charge in [0.05, 0.1) is 5.56 Å². The Balaban J connectivity index is 0.000000266. The molecule has 0 radical (unpaired) electrons. The maximum absolute atomic E-state index is 10.4. The first-order chi connectivity index (χ1) is 16.9. The Kier molecular flexibility index (Phi) is 14.9. The number of anilines is 1. The molecule has 3 atom stereocenters. The SMILES string of the molecule is CC1C(c2ccccc2)CCN1C.CCC(C=O)CCCCN.O=CNc1ccc(C(=O)O)cc1. The van der Waals surface area contributed by atoms with Crippen LogP contribution in [-0.2, 0) is 9.59 Å². The van der Waals surface area contributed by atoms with E-state index in [9.17, 15) is 14.4 Å². The highest BCUT2D eigenvalue weighted by Gasteiger charge is 2.28. The quantitative estimate of drug-likeness (QED) is 0.331. The number of carboxylic acid groups (broad SMARTS) is 1. The zero-order valence-electron chi connectivity index (χ0n) is 21.2. The number of carbonyl (C=O) groups is 3. The molecule has 0 saturated carbocycles. The Bertz CT molecular complexity index is 858. The number of aromatic carboxylic acids is 1. The van der Waals surface area contributed by atoms with E-state index in [1.165, 1.54) is 42.8 Å². The van der Waals surface area contributed by atoms with Crippen molar-refractivity contribution in [3.8, 4) is 0 Å². The maximum atomic E-state index is 10.4. The molecule has 1 heterocycles. The van der Waals surface area contributed by atoms with Gasteiger partial charge in [0, 0.05) is 23.6 Å². The molecule has 3 unspecified atom stereocenters. The lowest BCUT2D eigenvalue weighted by atomic mass is 9.93. The van der Waals surface area contributed by atoms with Gasteiger partial charge in [0.1, 0.15) is 6.29 Å². The number of hydrogen-bond acceptors (Lipinski definition) is 5. The summed E-state index contributed by atoms with van der Waals surface area (Å²) in [5, 5.41) is 10.9. The first-order valence-electron chi connectivity index (χ1n) is 12.3. The molecule has 2 aromatic rings. The van der Waals surface area contributed by atoms with Crippen LogP contribution in [0.1, 0.15) is 67.8 Å². The Morgan fingerprint density at radius 1 is 1.14 bits per heavy atom. The fourth-order valence-electron chi connectivity index (χ4n) is 3.94. The van der Waals surface area contributed by atoms with Crippen molar-refractivity contribution in [2.75, 3.05) is 25.5 Å². The number of nitrogens with zero attached hydrogens (tertiary/aromatic N) is 1. The molecule has 2 aromatic carbocycles. The number of rotatable bonds is 10. The van der Waals surface area contributed by atoms with Gasteiger partial charge in [0.15, 0.2) is 0 Å². The van der Waals surface area contributed by atoms with E-state index < -0.39 is 5.97 Å². The van der Waals surface area contributed by atoms with Gasteiger partial charge in [-0.25, -0.2) is 4.79 Å². The molecule has 7 heteroatoms. The highest BCUT2D eigenvalue weighted by Crippen LogP contribution is 2.31. The second kappa shape index (κ2) is 17.4. The molecular formula is C28H41N3O4. The summed E-state index contributed by atoms with van der Waals surface area (Å²) < 4.78 is 0. The van der Waals surface area contributed by atoms with Crippen LogP contribution in [0.2, 0.25) is 0 Å². The third kappa shape index (κ3) is 11.3. The Morgan fingerprint density at radius 3 is 2.26 bits per heavy atom. The number of carbonyl (C=O) groups excluding carboxylic acids is 2. The summed E-state index contributed by atoms with van der Waals surface area (Å²) in [5.41, 5.74) is 7.59. The molecule has 3 rings (SSSR count). The van der Waals surface area contributed by atoms with E-state index in [0.717, 1.165) is 44.4 Å². The molecule has 1 aliphatic heterocycles. The minimum absolute atomic E-state index is 0.200. The molecule has 4 N–H and O–H groups in total. The van der Waals surface area contributed by atoms with Crippen LogP contribution in [0, 0.1) is 5.92 Å². The van der Waals surface area contributed by atoms with E-state index in [-0.39, 0.29) is 11.5 Å². The number of carboxylic acids is 1. The number of hydrogen-bond donors (Lipinski definition) is 3. The molecule has 1 aliphatic rings. The van der Waals surface area contributed by atoms with Crippen LogP contribution < -0.4 is 11.1 Å². The highest BCUT2D eigenvalue weighted by atomic mass is 16.4. The van der Waals surface area contributed by atoms with Gasteiger partial charge in [-0.15, -0.1) is 0 Å². The Hall–Kier alpha value is -3.03. The third-order valence-corrected chi connectivity index (χ3v) is 6.40. The predicted molar refractivity (Wildman–Crippen MR) is 142 cm³/mol. The molecule has 7 nitrogen and oxygen atoms in total. The van der Waals surface area contributed by atoms with Crippen molar-refractivity contribution in [2.24, 2.45) is 11.7 Å². The molecule has 0 aliphatic carbocycles. The molecule has 1 amide bonds. The van der Waals surface area contributed by atoms with Crippen LogP contribution >= 0.6 is 0 Å². The third-order valence-electron chi connectivity index (χ3n) is 6.40. The van der Waals surface area contributed by atoms with E-state index in [2.05, 4.69) is 54.5 Å². The molecule has 0 aromatic heterocycles. The lowest BCUT2D eigenvalue weighted by molar-refractivity contribution is -0.111. The topological polar surface area (TPSA) is 113 Å². The van der Waals surface area contributed by atoms with Gasteiger partial charge in [-0.3, -0.25) is 4.79 Å². The highest BCUT2D eigenvalue weighted by molar-refractivity contribution is 5.88. The van der Waals surface area contributed by atoms with Gasteiger partial charge in [-0.1, -0.05) is 43.7 Å². The molecule has 192 valence electrons. The van der Waals surface area contributed by atoms with Crippen LogP contribution in [0.3, 0.4) is 0 Å². The van der Waals surface area contributed by atoms with Crippen molar-refractivity contribution in [1.29, 1.82) is 0 Å². The molecule has 1 fully saturated rings. The molecule has 1 saturated heterocycles. The van der Waals surface area contributed by atoms with Gasteiger partial charge in [-0.05, 0) is 82.6 Å². The van der Waals surface area contributed by atoms with Crippen LogP contribution in [0.15, 0.2) is 54.6 Å². The van der Waals surface area contributed by atoms with Gasteiger partial charge in [-0.2, -0.15) is 0 Å². The average Bonchev–Trinajstić information content (AvgIpc) is 3.22. The van der Waals surface area contributed by atoms with Crippen molar-refractivity contribution in [1.82, 2.24) is 4.90 Å². The number of likely N-dealkylation sites (N-methyl/N-ethyl adjacent to an activating group) is 1. The summed E-state index contributed by atoms with van der Waals surface area (Å²) in [5.74, 6) is 0.0328. The van der Waals surface area contributed by atoms with Crippen LogP contribution in [0.5, 0.6) is 0 Å². The monoisotopic (exact) mass is 483 g/mol. The fraction of sp³-hybridized carbons (Fsp3) is 0.464. The first-order valence-corrected chi connectivity index (χ1v) is 12.3. The van der Waals surface area contributed by atoms with Crippen molar-refractivity contribution in [3.63, 3.8) is 0 Å². The minimum atomic E-state index is -0.979. The standard InChI is InChI=1S/C12H17N.C8H7NO3.C8H17NO/c1-10-12(8-9-13(10)2)11-6-4-3-5-7-11;10-5-9-7-3-1-6(2-4-7)8(11)12;1-2-8(7-10)5-3-4-6-9/h3-7,10,12H,8-9H2,1-2H3;1-5H,(H,9,10)(H,11,12);7-8H,2-6,9H2,1H3. The van der Waals surface area contributed by atoms with E-state index in [4.69, 9.17) is 10.8 Å². The molecule has 0 bridgehead atoms. The molecule has 35 heavy (non-hydrogen) atoms. The number of nitrogens with one attached hydrogen (secondary N) is 1. The van der Waals surface area contributed by atoms with Gasteiger partial charge < -0.3 is 25.9 Å². The summed E-state index contributed by atoms with van der Waals surface area (Å²) in [7, 11) is 2.22. The second-order valence-corrected chi connectivity index (χ2v) is 8.76. The fourth-order valence-corrected chi connectivity index (χ4v) is 3.94. The number of nitrogens with two attached hydrogens (primary N) is 1. The van der Waals surface area contributed by atoms with E-state index in [0.29, 0.717) is 18.1 Å². The Labute approximate surface area is 209 Å². The van der Waals surface area contributed by atoms with E-state index >= 15 is 0 Å². The number of amides is 1. The zero-order valence-corrected chi connectivity index (χ0v) is 21.2. The van der Waals surface area contributed by atoms with Crippen LogP contribution in [-0.4, -0.2) is 54.9 Å². The Morgan fingerprint density at radius 2 is 1.80 bits per heavy atom. The molecular weight excluding hydrogens is 442 g/mol. The largest absolute Gasteiger partial charge is 0.478 e. The summed E-state index contributed by atoms with van der Waals surface area (Å²) in [6, 6.07) is 17.5. The summed E-state index contributed by atoms with van der Waals surface area (Å²) in [4.78, 5) is 33.1. The summed E-state index contributed by atoms with van der Waals surface area (Å²) in [6.07, 6.45) is 7.01. The van der Waals surface area contributed by atoms with Gasteiger partial charge in [0.2, 0.25) is 6.41 Å². The average molecular weight is 484 g/mol. The molecule has 0 spiro atoms. The maximum Gasteiger partial charge on any atom is 0.335 e. The van der Waals surface area contributed by atoms with Crippen LogP contribution in [0.4, 0.5) is 5.69 Å². The van der Waals surface area contributed by atoms with E-state index in [1.54, 1.807) is 0 Å². The number of aldehydes is 1. The lowest BCUT2D eigenvalue weighted by Crippen LogP contribution is -2.24. The van der Waals surface area contributed by atoms with Crippen molar-refractivity contribution in [2.45, 2.75) is 57.9 Å². The van der Waals surface area contributed by atoms with E-state index in [1.807, 2.05) is 6.92 Å². The summed E-state index contributed by atoms with van der Waals surface area (Å²) >= 11 is 0. The van der Waals surface area contributed by atoms with Gasteiger partial charge in [0.25, 0.3) is 0 Å². The van der Waals surface area contributed by atoms with Gasteiger partial charge >= 0.3 is 5.97 Å². The van der Waals surface area contributed by atoms with Crippen molar-refractivity contribution in [3.05, 3.63) is 65.7 Å². The minimum Gasteiger partial charge on any atom is -0.478 e. The number of benzene rings is 2. The lowest BCUT2D eigenvalue weighted by Gasteiger charge is -2.20. The predicted octanol–water partition coefficient (Wildman–Crippen LogP) is 4.79. The van der Waals surface area contributed by atoms with Crippen molar-refractivity contribution < 1.29 is 19.5 Å². The second-order valence-electron chi connectivity index (χ2n) is 8.76. The normalized spacial score (nSPS) is 17.7. The van der Waals surface area contributed by atoms with Crippen molar-refractivity contribution >= 4 is 24.4 Å². The number of unbranched alkanes of at least 4 members (excludes halogenated alkanes) is 1. The van der Waals surface area contributed by atoms with Crippen LogP contribution in [0.25, 0.3) is 0 Å². The number of likely N-dealkylation sites (tertiary alicyclic amines) is 1. The summed E-state index contributed by atoms with van der Waals surface area (Å²) in [6.45, 7) is 6.35. The smallest absolute Gasteiger partial charge is 0.335 e. The zero-order chi connectivity index (χ0) is 26.1.